The number of aryl methyl sites for hydroxylation is 1. The largest absolute Gasteiger partial charge is 0.408 e. The molecule has 1 aromatic heterocycles. The van der Waals surface area contributed by atoms with Gasteiger partial charge >= 0.3 is 6.18 Å². The van der Waals surface area contributed by atoms with Crippen LogP contribution in [0, 0.1) is 5.92 Å². The van der Waals surface area contributed by atoms with Gasteiger partial charge in [0.25, 0.3) is 0 Å². The van der Waals surface area contributed by atoms with Crippen molar-refractivity contribution in [2.24, 2.45) is 5.92 Å². The van der Waals surface area contributed by atoms with Crippen molar-refractivity contribution in [3.63, 3.8) is 0 Å². The van der Waals surface area contributed by atoms with Crippen LogP contribution in [0.3, 0.4) is 0 Å². The van der Waals surface area contributed by atoms with Crippen LogP contribution in [-0.2, 0) is 22.6 Å². The Morgan fingerprint density at radius 2 is 2.14 bits per heavy atom. The Labute approximate surface area is 160 Å². The lowest BCUT2D eigenvalue weighted by molar-refractivity contribution is -0.142. The molecule has 2 aromatic rings. The van der Waals surface area contributed by atoms with Crippen molar-refractivity contribution in [3.8, 4) is 11.3 Å². The lowest BCUT2D eigenvalue weighted by Crippen LogP contribution is -2.25. The molecule has 2 N–H and O–H groups in total. The molecule has 1 aliphatic rings. The smallest absolute Gasteiger partial charge is 0.355 e. The van der Waals surface area contributed by atoms with E-state index in [1.54, 1.807) is 12.1 Å². The molecule has 1 saturated heterocycles. The Morgan fingerprint density at radius 1 is 1.36 bits per heavy atom. The maximum Gasteiger partial charge on any atom is 0.408 e. The van der Waals surface area contributed by atoms with Gasteiger partial charge in [-0.05, 0) is 18.1 Å². The van der Waals surface area contributed by atoms with Gasteiger partial charge in [0.05, 0.1) is 11.6 Å². The van der Waals surface area contributed by atoms with Crippen LogP contribution in [0.2, 0.25) is 0 Å². The number of halogens is 3. The molecule has 0 saturated carbocycles. The van der Waals surface area contributed by atoms with Crippen LogP contribution in [-0.4, -0.2) is 34.3 Å². The molecule has 2 heterocycles. The van der Waals surface area contributed by atoms with Crippen LogP contribution >= 0.6 is 0 Å². The average Bonchev–Trinajstić information content (AvgIpc) is 3.20. The molecule has 0 bridgehead atoms. The highest BCUT2D eigenvalue weighted by Gasteiger charge is 2.31. The van der Waals surface area contributed by atoms with E-state index in [1.807, 2.05) is 19.1 Å². The van der Waals surface area contributed by atoms with Crippen molar-refractivity contribution < 1.29 is 22.8 Å². The fourth-order valence-corrected chi connectivity index (χ4v) is 3.19. The number of carbonyl (C=O) groups is 2. The third kappa shape index (κ3) is 4.90. The highest BCUT2D eigenvalue weighted by molar-refractivity contribution is 5.96. The molecule has 2 amide bonds. The van der Waals surface area contributed by atoms with Crippen LogP contribution in [0.1, 0.15) is 25.3 Å². The fraction of sp³-hybridized carbons (Fsp3) is 0.421. The van der Waals surface area contributed by atoms with Gasteiger partial charge in [0.1, 0.15) is 6.54 Å². The first-order valence-corrected chi connectivity index (χ1v) is 9.06. The van der Waals surface area contributed by atoms with Gasteiger partial charge < -0.3 is 10.6 Å². The predicted molar refractivity (Wildman–Crippen MR) is 97.5 cm³/mol. The molecule has 0 unspecified atom stereocenters. The first kappa shape index (κ1) is 19.9. The van der Waals surface area contributed by atoms with Gasteiger partial charge in [-0.2, -0.15) is 18.3 Å². The Kier molecular flexibility index (Phi) is 5.71. The number of benzene rings is 1. The summed E-state index contributed by atoms with van der Waals surface area (Å²) >= 11 is 0. The predicted octanol–water partition coefficient (Wildman–Crippen LogP) is 3.14. The summed E-state index contributed by atoms with van der Waals surface area (Å²) in [6, 6.07) is 8.69. The average molecular weight is 394 g/mol. The van der Waals surface area contributed by atoms with Crippen LogP contribution in [0.5, 0.6) is 0 Å². The second-order valence-electron chi connectivity index (χ2n) is 6.83. The van der Waals surface area contributed by atoms with Gasteiger partial charge in [-0.15, -0.1) is 0 Å². The van der Waals surface area contributed by atoms with E-state index < -0.39 is 24.5 Å². The van der Waals surface area contributed by atoms with Crippen LogP contribution < -0.4 is 10.6 Å². The zero-order valence-corrected chi connectivity index (χ0v) is 15.3. The second kappa shape index (κ2) is 8.04. The number of rotatable bonds is 6. The number of hydrogen-bond donors (Lipinski definition) is 2. The first-order chi connectivity index (χ1) is 13.2. The molecule has 1 atom stereocenters. The molecule has 9 heteroatoms. The maximum atomic E-state index is 13.0. The van der Waals surface area contributed by atoms with Gasteiger partial charge in [0.15, 0.2) is 5.82 Å². The van der Waals surface area contributed by atoms with E-state index in [9.17, 15) is 22.8 Å². The van der Waals surface area contributed by atoms with Gasteiger partial charge in [-0.3, -0.25) is 14.3 Å². The van der Waals surface area contributed by atoms with Crippen molar-refractivity contribution in [1.29, 1.82) is 0 Å². The van der Waals surface area contributed by atoms with E-state index in [4.69, 9.17) is 0 Å². The molecule has 0 radical (unpaired) electrons. The second-order valence-corrected chi connectivity index (χ2v) is 6.83. The third-order valence-corrected chi connectivity index (χ3v) is 4.47. The van der Waals surface area contributed by atoms with Crippen LogP contribution in [0.15, 0.2) is 30.3 Å². The van der Waals surface area contributed by atoms with Crippen LogP contribution in [0.4, 0.5) is 19.0 Å². The first-order valence-electron chi connectivity index (χ1n) is 9.06. The van der Waals surface area contributed by atoms with E-state index in [-0.39, 0.29) is 30.4 Å². The topological polar surface area (TPSA) is 76.0 Å². The summed E-state index contributed by atoms with van der Waals surface area (Å²) in [5, 5.41) is 9.02. The number of anilines is 1. The molecule has 3 rings (SSSR count). The quantitative estimate of drug-likeness (QED) is 0.790. The van der Waals surface area contributed by atoms with Crippen molar-refractivity contribution in [1.82, 2.24) is 15.1 Å². The molecule has 1 aliphatic heterocycles. The lowest BCUT2D eigenvalue weighted by Gasteiger charge is -2.11. The number of nitrogens with one attached hydrogen (secondary N) is 2. The summed E-state index contributed by atoms with van der Waals surface area (Å²) in [4.78, 5) is 23.5. The standard InChI is InChI=1S/C19H21F3N4O2/c1-2-4-12-5-3-6-13(7-12)15-9-16(25-26(15)11-19(20,21)22)24-18(28)14-8-17(27)23-10-14/h3,5-7,9,14H,2,4,8,10-11H2,1H3,(H,23,27)(H,24,25,28)/t14-/m1/s1. The van der Waals surface area contributed by atoms with E-state index in [0.29, 0.717) is 5.56 Å². The lowest BCUT2D eigenvalue weighted by atomic mass is 10.0. The van der Waals surface area contributed by atoms with E-state index >= 15 is 0 Å². The molecule has 6 nitrogen and oxygen atoms in total. The maximum absolute atomic E-state index is 13.0. The minimum absolute atomic E-state index is 0.0319. The van der Waals surface area contributed by atoms with Crippen molar-refractivity contribution >= 4 is 17.6 Å². The highest BCUT2D eigenvalue weighted by atomic mass is 19.4. The van der Waals surface area contributed by atoms with Gasteiger partial charge in [-0.25, -0.2) is 0 Å². The van der Waals surface area contributed by atoms with E-state index in [1.165, 1.54) is 6.07 Å². The normalized spacial score (nSPS) is 16.9. The van der Waals surface area contributed by atoms with Gasteiger partial charge in [0, 0.05) is 24.6 Å². The zero-order valence-electron chi connectivity index (χ0n) is 15.3. The molecule has 0 aliphatic carbocycles. The Morgan fingerprint density at radius 3 is 2.79 bits per heavy atom. The number of hydrogen-bond acceptors (Lipinski definition) is 3. The number of carbonyl (C=O) groups excluding carboxylic acids is 2. The van der Waals surface area contributed by atoms with Crippen molar-refractivity contribution in [2.45, 2.75) is 38.9 Å². The molecule has 28 heavy (non-hydrogen) atoms. The molecular weight excluding hydrogens is 373 g/mol. The molecule has 1 aromatic carbocycles. The minimum atomic E-state index is -4.45. The highest BCUT2D eigenvalue weighted by Crippen LogP contribution is 2.28. The number of aromatic nitrogens is 2. The van der Waals surface area contributed by atoms with E-state index in [0.717, 1.165) is 23.1 Å². The van der Waals surface area contributed by atoms with Crippen LogP contribution in [0.25, 0.3) is 11.3 Å². The van der Waals surface area contributed by atoms with Crippen molar-refractivity contribution in [2.75, 3.05) is 11.9 Å². The van der Waals surface area contributed by atoms with Crippen molar-refractivity contribution in [3.05, 3.63) is 35.9 Å². The summed E-state index contributed by atoms with van der Waals surface area (Å²) < 4.78 is 39.9. The molecule has 0 spiro atoms. The third-order valence-electron chi connectivity index (χ3n) is 4.47. The summed E-state index contributed by atoms with van der Waals surface area (Å²) in [6.07, 6.45) is -2.67. The Hall–Kier alpha value is -2.84. The summed E-state index contributed by atoms with van der Waals surface area (Å²) in [6.45, 7) is 0.969. The van der Waals surface area contributed by atoms with Gasteiger partial charge in [0.2, 0.25) is 11.8 Å². The Balaban J connectivity index is 1.88. The molecule has 1 fully saturated rings. The zero-order chi connectivity index (χ0) is 20.3. The van der Waals surface area contributed by atoms with E-state index in [2.05, 4.69) is 15.7 Å². The summed E-state index contributed by atoms with van der Waals surface area (Å²) in [7, 11) is 0. The summed E-state index contributed by atoms with van der Waals surface area (Å²) in [5.41, 5.74) is 1.88. The number of nitrogens with zero attached hydrogens (tertiary/aromatic N) is 2. The minimum Gasteiger partial charge on any atom is -0.355 e. The Bertz CT molecular complexity index is 876. The van der Waals surface area contributed by atoms with Gasteiger partial charge in [-0.1, -0.05) is 31.5 Å². The summed E-state index contributed by atoms with van der Waals surface area (Å²) in [5.74, 6) is -1.20. The number of alkyl halides is 3. The monoisotopic (exact) mass is 394 g/mol. The molecular formula is C19H21F3N4O2. The molecule has 150 valence electrons. The fourth-order valence-electron chi connectivity index (χ4n) is 3.19. The number of amides is 2. The SMILES string of the molecule is CCCc1cccc(-c2cc(NC(=O)[C@H]3CNC(=O)C3)nn2CC(F)(F)F)c1.